The molecule has 1 fully saturated rings. The van der Waals surface area contributed by atoms with Crippen molar-refractivity contribution in [1.29, 1.82) is 0 Å². The monoisotopic (exact) mass is 331 g/mol. The van der Waals surface area contributed by atoms with Gasteiger partial charge < -0.3 is 15.4 Å². The molecule has 1 saturated carbocycles. The van der Waals surface area contributed by atoms with Gasteiger partial charge in [0.1, 0.15) is 0 Å². The van der Waals surface area contributed by atoms with Crippen LogP contribution in [0.25, 0.3) is 11.0 Å². The summed E-state index contributed by atoms with van der Waals surface area (Å²) in [5.74, 6) is 0. The number of rotatable bonds is 6. The van der Waals surface area contributed by atoms with Gasteiger partial charge in [0, 0.05) is 25.6 Å². The van der Waals surface area contributed by atoms with Crippen molar-refractivity contribution in [2.24, 2.45) is 7.05 Å². The van der Waals surface area contributed by atoms with Gasteiger partial charge in [-0.25, -0.2) is 9.78 Å². The van der Waals surface area contributed by atoms with E-state index in [4.69, 9.17) is 4.74 Å². The first-order chi connectivity index (χ1) is 11.6. The zero-order valence-corrected chi connectivity index (χ0v) is 14.3. The van der Waals surface area contributed by atoms with E-state index < -0.39 is 0 Å². The van der Waals surface area contributed by atoms with E-state index in [0.29, 0.717) is 24.9 Å². The Hall–Kier alpha value is -2.15. The molecule has 0 bridgehead atoms. The summed E-state index contributed by atoms with van der Waals surface area (Å²) in [6.45, 7) is 3.23. The highest BCUT2D eigenvalue weighted by Gasteiger charge is 2.14. The number of hydrogen-bond donors (Lipinski definition) is 2. The Morgan fingerprint density at radius 3 is 3.00 bits per heavy atom. The smallest absolute Gasteiger partial charge is 0.319 e. The van der Waals surface area contributed by atoms with Gasteiger partial charge in [0.25, 0.3) is 0 Å². The van der Waals surface area contributed by atoms with Gasteiger partial charge in [0.15, 0.2) is 5.65 Å². The molecule has 2 N–H and O–H groups in total. The van der Waals surface area contributed by atoms with E-state index in [1.165, 1.54) is 25.7 Å². The molecule has 0 saturated heterocycles. The van der Waals surface area contributed by atoms with Crippen LogP contribution in [0, 0.1) is 6.92 Å². The molecule has 3 rings (SSSR count). The summed E-state index contributed by atoms with van der Waals surface area (Å²) in [5, 5.41) is 10.9. The highest BCUT2D eigenvalue weighted by Crippen LogP contribution is 2.21. The molecule has 0 radical (unpaired) electrons. The Bertz CT molecular complexity index is 706. The van der Waals surface area contributed by atoms with Crippen molar-refractivity contribution in [3.63, 3.8) is 0 Å². The average Bonchev–Trinajstić information content (AvgIpc) is 3.16. The van der Waals surface area contributed by atoms with E-state index in [-0.39, 0.29) is 6.03 Å². The standard InChI is InChI=1S/C17H25N5O2/c1-12-15-10-13(11-19-16(15)22(2)21-12)20-17(23)18-8-5-9-24-14-6-3-4-7-14/h10-11,14H,3-9H2,1-2H3,(H2,18,20,23). The van der Waals surface area contributed by atoms with Gasteiger partial charge in [0.05, 0.1) is 23.7 Å². The van der Waals surface area contributed by atoms with Crippen LogP contribution in [0.2, 0.25) is 0 Å². The number of nitrogens with zero attached hydrogens (tertiary/aromatic N) is 3. The normalized spacial score (nSPS) is 15.1. The Labute approximate surface area is 141 Å². The van der Waals surface area contributed by atoms with Gasteiger partial charge in [-0.3, -0.25) is 4.68 Å². The lowest BCUT2D eigenvalue weighted by molar-refractivity contribution is 0.0572. The third kappa shape index (κ3) is 4.03. The van der Waals surface area contributed by atoms with Crippen LogP contribution < -0.4 is 10.6 Å². The largest absolute Gasteiger partial charge is 0.378 e. The molecular weight excluding hydrogens is 306 g/mol. The Kier molecular flexibility index (Phi) is 5.30. The Balaban J connectivity index is 1.42. The number of anilines is 1. The molecule has 2 aromatic rings. The van der Waals surface area contributed by atoms with Gasteiger partial charge >= 0.3 is 6.03 Å². The summed E-state index contributed by atoms with van der Waals surface area (Å²) in [7, 11) is 1.86. The Morgan fingerprint density at radius 1 is 1.42 bits per heavy atom. The zero-order valence-electron chi connectivity index (χ0n) is 14.3. The highest BCUT2D eigenvalue weighted by atomic mass is 16.5. The first kappa shape index (κ1) is 16.7. The molecule has 130 valence electrons. The van der Waals surface area contributed by atoms with Crippen LogP contribution in [-0.4, -0.2) is 40.1 Å². The maximum atomic E-state index is 11.9. The molecule has 0 unspecified atom stereocenters. The number of fused-ring (bicyclic) bond motifs is 1. The topological polar surface area (TPSA) is 81.1 Å². The fraction of sp³-hybridized carbons (Fsp3) is 0.588. The maximum Gasteiger partial charge on any atom is 0.319 e. The van der Waals surface area contributed by atoms with Gasteiger partial charge in [-0.1, -0.05) is 12.8 Å². The first-order valence-electron chi connectivity index (χ1n) is 8.59. The molecule has 7 nitrogen and oxygen atoms in total. The van der Waals surface area contributed by atoms with Crippen LogP contribution in [0.15, 0.2) is 12.3 Å². The summed E-state index contributed by atoms with van der Waals surface area (Å²) in [5.41, 5.74) is 2.37. The van der Waals surface area contributed by atoms with Crippen LogP contribution in [-0.2, 0) is 11.8 Å². The quantitative estimate of drug-likeness (QED) is 0.798. The summed E-state index contributed by atoms with van der Waals surface area (Å²) < 4.78 is 7.51. The SMILES string of the molecule is Cc1nn(C)c2ncc(NC(=O)NCCCOC3CCCC3)cc12. The van der Waals surface area contributed by atoms with Gasteiger partial charge in [-0.15, -0.1) is 0 Å². The lowest BCUT2D eigenvalue weighted by Gasteiger charge is -2.11. The van der Waals surface area contributed by atoms with Crippen LogP contribution in [0.4, 0.5) is 10.5 Å². The number of carbonyl (C=O) groups is 1. The fourth-order valence-electron chi connectivity index (χ4n) is 3.13. The van der Waals surface area contributed by atoms with E-state index in [1.807, 2.05) is 20.0 Å². The molecule has 1 aliphatic carbocycles. The number of aryl methyl sites for hydroxylation is 2. The fourth-order valence-corrected chi connectivity index (χ4v) is 3.13. The number of aromatic nitrogens is 3. The van der Waals surface area contributed by atoms with Crippen LogP contribution in [0.3, 0.4) is 0 Å². The van der Waals surface area contributed by atoms with E-state index in [2.05, 4.69) is 20.7 Å². The van der Waals surface area contributed by atoms with Crippen molar-refractivity contribution in [2.45, 2.75) is 45.1 Å². The lowest BCUT2D eigenvalue weighted by atomic mass is 10.2. The second-order valence-electron chi connectivity index (χ2n) is 6.32. The van der Waals surface area contributed by atoms with Crippen LogP contribution >= 0.6 is 0 Å². The maximum absolute atomic E-state index is 11.9. The molecule has 2 aromatic heterocycles. The van der Waals surface area contributed by atoms with E-state index in [9.17, 15) is 4.79 Å². The molecule has 7 heteroatoms. The predicted octanol–water partition coefficient (Wildman–Crippen LogP) is 2.75. The summed E-state index contributed by atoms with van der Waals surface area (Å²) in [4.78, 5) is 16.3. The first-order valence-corrected chi connectivity index (χ1v) is 8.59. The number of carbonyl (C=O) groups excluding carboxylic acids is 1. The molecule has 2 heterocycles. The minimum atomic E-state index is -0.224. The lowest BCUT2D eigenvalue weighted by Crippen LogP contribution is -2.30. The van der Waals surface area contributed by atoms with Gasteiger partial charge in [-0.05, 0) is 32.3 Å². The molecule has 2 amide bonds. The van der Waals surface area contributed by atoms with Crippen molar-refractivity contribution >= 4 is 22.8 Å². The molecule has 0 aromatic carbocycles. The number of ether oxygens (including phenoxy) is 1. The Morgan fingerprint density at radius 2 is 2.21 bits per heavy atom. The van der Waals surface area contributed by atoms with Crippen molar-refractivity contribution in [3.05, 3.63) is 18.0 Å². The van der Waals surface area contributed by atoms with Crippen molar-refractivity contribution in [2.75, 3.05) is 18.5 Å². The van der Waals surface area contributed by atoms with Gasteiger partial charge in [0.2, 0.25) is 0 Å². The number of hydrogen-bond acceptors (Lipinski definition) is 4. The molecule has 1 aliphatic rings. The van der Waals surface area contributed by atoms with Crippen LogP contribution in [0.1, 0.15) is 37.8 Å². The van der Waals surface area contributed by atoms with Crippen molar-refractivity contribution in [1.82, 2.24) is 20.1 Å². The molecule has 0 aliphatic heterocycles. The molecular formula is C17H25N5O2. The van der Waals surface area contributed by atoms with Crippen LogP contribution in [0.5, 0.6) is 0 Å². The molecule has 0 spiro atoms. The number of nitrogens with one attached hydrogen (secondary N) is 2. The zero-order chi connectivity index (χ0) is 16.9. The second kappa shape index (κ2) is 7.61. The molecule has 0 atom stereocenters. The van der Waals surface area contributed by atoms with E-state index in [1.54, 1.807) is 10.9 Å². The average molecular weight is 331 g/mol. The van der Waals surface area contributed by atoms with Crippen molar-refractivity contribution < 1.29 is 9.53 Å². The second-order valence-corrected chi connectivity index (χ2v) is 6.32. The predicted molar refractivity (Wildman–Crippen MR) is 93.1 cm³/mol. The number of amides is 2. The summed E-state index contributed by atoms with van der Waals surface area (Å²) in [6.07, 6.45) is 7.81. The van der Waals surface area contributed by atoms with E-state index in [0.717, 1.165) is 23.1 Å². The number of urea groups is 1. The summed E-state index contributed by atoms with van der Waals surface area (Å²) in [6, 6.07) is 1.67. The minimum absolute atomic E-state index is 0.224. The third-order valence-corrected chi connectivity index (χ3v) is 4.38. The minimum Gasteiger partial charge on any atom is -0.378 e. The van der Waals surface area contributed by atoms with E-state index >= 15 is 0 Å². The van der Waals surface area contributed by atoms with Gasteiger partial charge in [-0.2, -0.15) is 5.10 Å². The third-order valence-electron chi connectivity index (χ3n) is 4.38. The molecule has 24 heavy (non-hydrogen) atoms. The number of pyridine rings is 1. The highest BCUT2D eigenvalue weighted by molar-refractivity contribution is 5.91. The summed E-state index contributed by atoms with van der Waals surface area (Å²) >= 11 is 0. The van der Waals surface area contributed by atoms with Crippen molar-refractivity contribution in [3.8, 4) is 0 Å².